The highest BCUT2D eigenvalue weighted by Crippen LogP contribution is 2.49. The van der Waals surface area contributed by atoms with E-state index < -0.39 is 29.0 Å². The Morgan fingerprint density at radius 2 is 1.57 bits per heavy atom. The van der Waals surface area contributed by atoms with Crippen LogP contribution < -0.4 is 0 Å². The third kappa shape index (κ3) is 7.77. The molecule has 0 bridgehead atoms. The van der Waals surface area contributed by atoms with E-state index in [9.17, 15) is 10.2 Å². The first-order valence-electron chi connectivity index (χ1n) is 18.1. The lowest BCUT2D eigenvalue weighted by molar-refractivity contribution is -0.273. The highest BCUT2D eigenvalue weighted by molar-refractivity contribution is 5.26. The van der Waals surface area contributed by atoms with E-state index >= 15 is 0 Å². The van der Waals surface area contributed by atoms with E-state index in [1.54, 1.807) is 6.08 Å². The molecule has 7 heteroatoms. The Morgan fingerprint density at radius 1 is 0.870 bits per heavy atom. The molecule has 5 rings (SSSR count). The van der Waals surface area contributed by atoms with E-state index in [4.69, 9.17) is 23.7 Å². The largest absolute Gasteiger partial charge is 0.390 e. The first-order valence-corrected chi connectivity index (χ1v) is 18.1. The Kier molecular flexibility index (Phi) is 11.5. The van der Waals surface area contributed by atoms with Crippen molar-refractivity contribution >= 4 is 0 Å². The summed E-state index contributed by atoms with van der Waals surface area (Å²) in [6, 6.07) is 0. The fraction of sp³-hybridized carbons (Fsp3) is 0.795. The molecule has 2 N–H and O–H groups in total. The molecule has 46 heavy (non-hydrogen) atoms. The number of ether oxygens (including phenoxy) is 5. The summed E-state index contributed by atoms with van der Waals surface area (Å²) in [5, 5.41) is 23.1. The molecule has 5 heterocycles. The minimum absolute atomic E-state index is 0.114. The highest BCUT2D eigenvalue weighted by Gasteiger charge is 2.58. The van der Waals surface area contributed by atoms with Crippen LogP contribution in [-0.4, -0.2) is 82.0 Å². The second-order valence-electron chi connectivity index (χ2n) is 15.7. The maximum absolute atomic E-state index is 11.7. The van der Waals surface area contributed by atoms with Crippen molar-refractivity contribution in [2.75, 3.05) is 0 Å². The molecule has 5 aliphatic rings. The van der Waals surface area contributed by atoms with Crippen LogP contribution in [0.15, 0.2) is 48.1 Å². The van der Waals surface area contributed by atoms with Gasteiger partial charge in [0.05, 0.1) is 65.6 Å². The third-order valence-corrected chi connectivity index (χ3v) is 12.0. The van der Waals surface area contributed by atoms with E-state index in [0.717, 1.165) is 51.4 Å². The molecule has 13 atom stereocenters. The van der Waals surface area contributed by atoms with Crippen molar-refractivity contribution in [2.24, 2.45) is 5.92 Å². The number of hydrogen-bond acceptors (Lipinski definition) is 7. The van der Waals surface area contributed by atoms with Gasteiger partial charge in [-0.1, -0.05) is 55.0 Å². The van der Waals surface area contributed by atoms with Crippen molar-refractivity contribution < 1.29 is 33.9 Å². The normalized spacial score (nSPS) is 47.1. The van der Waals surface area contributed by atoms with Gasteiger partial charge >= 0.3 is 0 Å². The van der Waals surface area contributed by atoms with Crippen LogP contribution in [0, 0.1) is 5.92 Å². The van der Waals surface area contributed by atoms with Gasteiger partial charge in [0.1, 0.15) is 6.10 Å². The Balaban J connectivity index is 1.27. The molecule has 0 radical (unpaired) electrons. The zero-order valence-electron chi connectivity index (χ0n) is 29.6. The lowest BCUT2D eigenvalue weighted by Crippen LogP contribution is -2.59. The molecular weight excluding hydrogens is 580 g/mol. The molecule has 0 unspecified atom stereocenters. The van der Waals surface area contributed by atoms with E-state index in [1.807, 2.05) is 13.0 Å². The second-order valence-corrected chi connectivity index (χ2v) is 15.7. The molecule has 0 aromatic rings. The minimum atomic E-state index is -0.913. The Labute approximate surface area is 278 Å². The molecule has 0 aromatic heterocycles. The van der Waals surface area contributed by atoms with Crippen molar-refractivity contribution in [2.45, 2.75) is 191 Å². The molecule has 0 spiro atoms. The molecule has 0 amide bonds. The summed E-state index contributed by atoms with van der Waals surface area (Å²) in [5.41, 5.74) is 0.576. The summed E-state index contributed by atoms with van der Waals surface area (Å²) in [6.45, 7) is 18.6. The van der Waals surface area contributed by atoms with Gasteiger partial charge < -0.3 is 33.9 Å². The van der Waals surface area contributed by atoms with E-state index in [2.05, 4.69) is 66.3 Å². The zero-order chi connectivity index (χ0) is 33.3. The molecule has 5 fully saturated rings. The van der Waals surface area contributed by atoms with Crippen LogP contribution in [0.3, 0.4) is 0 Å². The predicted molar refractivity (Wildman–Crippen MR) is 182 cm³/mol. The third-order valence-electron chi connectivity index (χ3n) is 12.0. The van der Waals surface area contributed by atoms with E-state index in [0.29, 0.717) is 25.2 Å². The van der Waals surface area contributed by atoms with Crippen LogP contribution in [0.2, 0.25) is 0 Å². The summed E-state index contributed by atoms with van der Waals surface area (Å²) in [6.07, 6.45) is 16.6. The molecule has 0 aromatic carbocycles. The molecule has 5 aliphatic heterocycles. The van der Waals surface area contributed by atoms with Crippen LogP contribution >= 0.6 is 0 Å². The lowest BCUT2D eigenvalue weighted by atomic mass is 9.79. The minimum Gasteiger partial charge on any atom is -0.390 e. The number of hydrogen-bond donors (Lipinski definition) is 2. The summed E-state index contributed by atoms with van der Waals surface area (Å²) >= 11 is 0. The predicted octanol–water partition coefficient (Wildman–Crippen LogP) is 7.30. The van der Waals surface area contributed by atoms with Crippen molar-refractivity contribution in [3.8, 4) is 0 Å². The van der Waals surface area contributed by atoms with Crippen LogP contribution in [0.1, 0.15) is 119 Å². The van der Waals surface area contributed by atoms with Crippen molar-refractivity contribution in [3.63, 3.8) is 0 Å². The number of fused-ring (bicyclic) bond motifs is 4. The average Bonchev–Trinajstić information content (AvgIpc) is 3.26. The molecule has 0 aliphatic carbocycles. The van der Waals surface area contributed by atoms with Crippen LogP contribution in [0.25, 0.3) is 0 Å². The Bertz CT molecular complexity index is 1140. The van der Waals surface area contributed by atoms with Gasteiger partial charge in [0.15, 0.2) is 0 Å². The van der Waals surface area contributed by atoms with E-state index in [-0.39, 0.29) is 42.7 Å². The van der Waals surface area contributed by atoms with Gasteiger partial charge in [0, 0.05) is 12.8 Å². The van der Waals surface area contributed by atoms with Gasteiger partial charge in [0.25, 0.3) is 0 Å². The first-order chi connectivity index (χ1) is 21.8. The fourth-order valence-electron chi connectivity index (χ4n) is 8.63. The number of aliphatic hydroxyl groups excluding tert-OH is 1. The number of allylic oxidation sites excluding steroid dienone is 7. The summed E-state index contributed by atoms with van der Waals surface area (Å²) in [4.78, 5) is 0. The summed E-state index contributed by atoms with van der Waals surface area (Å²) in [5.74, 6) is 0.351. The Morgan fingerprint density at radius 3 is 2.30 bits per heavy atom. The van der Waals surface area contributed by atoms with E-state index in [1.165, 1.54) is 11.1 Å². The van der Waals surface area contributed by atoms with Gasteiger partial charge in [-0.3, -0.25) is 0 Å². The van der Waals surface area contributed by atoms with Gasteiger partial charge in [-0.2, -0.15) is 0 Å². The lowest BCUT2D eigenvalue weighted by Gasteiger charge is -2.49. The molecule has 260 valence electrons. The SMILES string of the molecule is C=C/C=C\CC[C@H]1O[C@H]2CC[C@@]3(C)O[C@H]4[C@@H](O)C[C@@]5(C)O[C@@H](CC/C=C(C)/C(C)=C/C)[C@@H](C)C[C@@H]5O[C@@H]4C[C@@H]3O[C@@H]2CC[C@]1(C)O. The molecule has 5 saturated heterocycles. The van der Waals surface area contributed by atoms with Crippen LogP contribution in [0.4, 0.5) is 0 Å². The maximum Gasteiger partial charge on any atom is 0.111 e. The van der Waals surface area contributed by atoms with Gasteiger partial charge in [0.2, 0.25) is 0 Å². The standard InChI is InChI=1S/C39H62O7/c1-9-11-12-13-17-33-37(6,41)20-18-30-31(42-33)19-21-38(7)35(43-30)23-32-36(46-38)28(40)24-39(8)34(44-32)22-27(5)29(45-39)16-14-15-26(4)25(3)10-2/h9-12,15,27-36,40-41H,1,13-14,16-24H2,2-8H3/b12-11-,25-10+,26-15+/t27-,28-,29-,30+,31-,32+,33+,34-,35-,36-,37-,38+,39+/m0/s1. The van der Waals surface area contributed by atoms with Crippen molar-refractivity contribution in [3.05, 3.63) is 48.1 Å². The first kappa shape index (κ1) is 36.0. The topological polar surface area (TPSA) is 86.6 Å². The number of rotatable bonds is 8. The second kappa shape index (κ2) is 14.7. The zero-order valence-corrected chi connectivity index (χ0v) is 29.6. The van der Waals surface area contributed by atoms with Crippen LogP contribution in [0.5, 0.6) is 0 Å². The average molecular weight is 643 g/mol. The maximum atomic E-state index is 11.7. The number of aliphatic hydroxyl groups is 2. The summed E-state index contributed by atoms with van der Waals surface area (Å²) < 4.78 is 34.3. The molecule has 7 nitrogen and oxygen atoms in total. The smallest absolute Gasteiger partial charge is 0.111 e. The van der Waals surface area contributed by atoms with Gasteiger partial charge in [-0.25, -0.2) is 0 Å². The molecule has 0 saturated carbocycles. The van der Waals surface area contributed by atoms with Crippen molar-refractivity contribution in [1.29, 1.82) is 0 Å². The van der Waals surface area contributed by atoms with Gasteiger partial charge in [-0.05, 0) is 105 Å². The quantitative estimate of drug-likeness (QED) is 0.269. The van der Waals surface area contributed by atoms with Gasteiger partial charge in [-0.15, -0.1) is 0 Å². The summed E-state index contributed by atoms with van der Waals surface area (Å²) in [7, 11) is 0. The fourth-order valence-corrected chi connectivity index (χ4v) is 8.63. The van der Waals surface area contributed by atoms with Crippen LogP contribution in [-0.2, 0) is 23.7 Å². The molecular formula is C39H62O7. The Hall–Kier alpha value is -1.32. The monoisotopic (exact) mass is 642 g/mol. The van der Waals surface area contributed by atoms with Crippen molar-refractivity contribution in [1.82, 2.24) is 0 Å². The highest BCUT2D eigenvalue weighted by atomic mass is 16.6.